The van der Waals surface area contributed by atoms with Crippen LogP contribution in [0.1, 0.15) is 116 Å². The van der Waals surface area contributed by atoms with Gasteiger partial charge in [-0.05, 0) is 18.9 Å². The van der Waals surface area contributed by atoms with Gasteiger partial charge >= 0.3 is 6.09 Å². The highest BCUT2D eigenvalue weighted by Gasteiger charge is 2.16. The van der Waals surface area contributed by atoms with Crippen LogP contribution in [0.3, 0.4) is 0 Å². The van der Waals surface area contributed by atoms with Gasteiger partial charge in [-0.25, -0.2) is 4.79 Å². The molecule has 174 valence electrons. The Labute approximate surface area is 187 Å². The monoisotopic (exact) mass is 447 g/mol. The number of carbonyl (C=O) groups excluding carboxylic acids is 1. The summed E-state index contributed by atoms with van der Waals surface area (Å²) < 4.78 is 5.18. The maximum atomic E-state index is 11.6. The first-order chi connectivity index (χ1) is 14.0. The molecule has 5 heteroatoms. The van der Waals surface area contributed by atoms with Crippen LogP contribution in [-0.2, 0) is 4.74 Å². The normalized spacial score (nSPS) is 11.6. The molecule has 0 aliphatic rings. The molecule has 0 aromatic heterocycles. The molecule has 0 heterocycles. The Hall–Kier alpha value is -0.223. The Morgan fingerprint density at radius 3 is 1.55 bits per heavy atom. The van der Waals surface area contributed by atoms with Gasteiger partial charge in [-0.2, -0.15) is 11.1 Å². The molecule has 0 aromatic rings. The molecule has 0 bridgehead atoms. The largest absolute Gasteiger partial charge is 0.450 e. The summed E-state index contributed by atoms with van der Waals surface area (Å²) in [7, 11) is -1.53. The molecule has 0 atom stereocenters. The zero-order valence-corrected chi connectivity index (χ0v) is 21.6. The van der Waals surface area contributed by atoms with Crippen molar-refractivity contribution in [3.05, 3.63) is 0 Å². The summed E-state index contributed by atoms with van der Waals surface area (Å²) in [5, 5.41) is 2.85. The quantitative estimate of drug-likeness (QED) is 0.108. The van der Waals surface area contributed by atoms with Crippen LogP contribution in [0.4, 0.5) is 4.79 Å². The van der Waals surface area contributed by atoms with Gasteiger partial charge in [-0.1, -0.05) is 116 Å². The van der Waals surface area contributed by atoms with E-state index in [1.54, 1.807) is 0 Å². The highest BCUT2D eigenvalue weighted by Crippen LogP contribution is 2.16. The van der Waals surface area contributed by atoms with Crippen LogP contribution < -0.4 is 5.32 Å². The number of hydrogen-bond acceptors (Lipinski definition) is 2. The van der Waals surface area contributed by atoms with Crippen LogP contribution in [0.2, 0.25) is 19.1 Å². The van der Waals surface area contributed by atoms with E-state index in [0.717, 1.165) is 25.4 Å². The number of nitrogens with one attached hydrogen (secondary N) is 1. The Bertz CT molecular complexity index is 361. The summed E-state index contributed by atoms with van der Waals surface area (Å²) >= 11 is 6.25. The minimum absolute atomic E-state index is 0.278. The molecule has 1 amide bonds. The smallest absolute Gasteiger partial charge is 0.407 e. The van der Waals surface area contributed by atoms with E-state index in [0.29, 0.717) is 6.61 Å². The number of amides is 1. The average molecular weight is 448 g/mol. The van der Waals surface area contributed by atoms with Gasteiger partial charge in [0, 0.05) is 6.54 Å². The lowest BCUT2D eigenvalue weighted by atomic mass is 10.0. The molecule has 0 saturated heterocycles. The highest BCUT2D eigenvalue weighted by atomic mass is 35.6. The molecule has 1 N–H and O–H groups in total. The number of carbonyl (C=O) groups is 1. The van der Waals surface area contributed by atoms with E-state index in [-0.39, 0.29) is 6.09 Å². The van der Waals surface area contributed by atoms with Crippen molar-refractivity contribution in [2.24, 2.45) is 0 Å². The van der Waals surface area contributed by atoms with Gasteiger partial charge < -0.3 is 10.1 Å². The van der Waals surface area contributed by atoms with Crippen molar-refractivity contribution in [2.45, 2.75) is 135 Å². The molecule has 3 nitrogen and oxygen atoms in total. The molecule has 0 aromatic carbocycles. The van der Waals surface area contributed by atoms with Crippen molar-refractivity contribution >= 4 is 24.6 Å². The second kappa shape index (κ2) is 21.0. The Morgan fingerprint density at radius 1 is 0.724 bits per heavy atom. The molecule has 0 unspecified atom stereocenters. The summed E-state index contributed by atoms with van der Waals surface area (Å²) in [6, 6.07) is 0.987. The Balaban J connectivity index is 3.15. The summed E-state index contributed by atoms with van der Waals surface area (Å²) in [5.41, 5.74) is 0. The van der Waals surface area contributed by atoms with Crippen LogP contribution >= 0.6 is 11.1 Å². The molecular formula is C24H50ClNO2Si. The predicted molar refractivity (Wildman–Crippen MR) is 132 cm³/mol. The first-order valence-corrected chi connectivity index (χ1v) is 16.8. The molecule has 0 rings (SSSR count). The van der Waals surface area contributed by atoms with Crippen molar-refractivity contribution in [3.8, 4) is 0 Å². The van der Waals surface area contributed by atoms with E-state index in [1.165, 1.54) is 96.3 Å². The summed E-state index contributed by atoms with van der Waals surface area (Å²) in [4.78, 5) is 11.6. The zero-order valence-electron chi connectivity index (χ0n) is 19.8. The second-order valence-electron chi connectivity index (χ2n) is 9.19. The van der Waals surface area contributed by atoms with Gasteiger partial charge in [0.1, 0.15) is 0 Å². The van der Waals surface area contributed by atoms with Crippen LogP contribution in [0.5, 0.6) is 0 Å². The lowest BCUT2D eigenvalue weighted by Crippen LogP contribution is -2.26. The molecule has 29 heavy (non-hydrogen) atoms. The van der Waals surface area contributed by atoms with Gasteiger partial charge in [-0.15, -0.1) is 0 Å². The number of alkyl carbamates (subject to hydrolysis) is 1. The third kappa shape index (κ3) is 25.7. The highest BCUT2D eigenvalue weighted by molar-refractivity contribution is 7.19. The zero-order chi connectivity index (χ0) is 21.6. The van der Waals surface area contributed by atoms with E-state index in [9.17, 15) is 4.79 Å². The summed E-state index contributed by atoms with van der Waals surface area (Å²) in [6.07, 6.45) is 22.4. The molecule has 0 fully saturated rings. The van der Waals surface area contributed by atoms with Gasteiger partial charge in [0.2, 0.25) is 0 Å². The van der Waals surface area contributed by atoms with E-state index in [4.69, 9.17) is 15.8 Å². The van der Waals surface area contributed by atoms with Gasteiger partial charge in [0.05, 0.1) is 6.61 Å². The van der Waals surface area contributed by atoms with Crippen LogP contribution in [0.15, 0.2) is 0 Å². The maximum Gasteiger partial charge on any atom is 0.407 e. The van der Waals surface area contributed by atoms with Crippen molar-refractivity contribution < 1.29 is 9.53 Å². The molecule has 0 spiro atoms. The standard InChI is InChI=1S/C24H50ClNO2Si/c1-4-5-6-7-8-9-10-11-12-13-14-15-16-17-18-19-21-26-24(27)28-22-20-23-29(2,3)25/h4-23H2,1-3H3,(H,26,27). The van der Waals surface area contributed by atoms with Gasteiger partial charge in [0.25, 0.3) is 0 Å². The second-order valence-corrected chi connectivity index (χ2v) is 16.2. The maximum absolute atomic E-state index is 11.6. The summed E-state index contributed by atoms with van der Waals surface area (Å²) in [5.74, 6) is 0. The SMILES string of the molecule is CCCCCCCCCCCCCCCCCCNC(=O)OCCC[Si](C)(C)Cl. The van der Waals surface area contributed by atoms with Gasteiger partial charge in [0.15, 0.2) is 7.38 Å². The van der Waals surface area contributed by atoms with Crippen LogP contribution in [0, 0.1) is 0 Å². The topological polar surface area (TPSA) is 38.3 Å². The van der Waals surface area contributed by atoms with Crippen molar-refractivity contribution in [3.63, 3.8) is 0 Å². The van der Waals surface area contributed by atoms with Crippen molar-refractivity contribution in [2.75, 3.05) is 13.2 Å². The van der Waals surface area contributed by atoms with Crippen molar-refractivity contribution in [1.29, 1.82) is 0 Å². The lowest BCUT2D eigenvalue weighted by molar-refractivity contribution is 0.146. The molecule has 0 aliphatic heterocycles. The summed E-state index contributed by atoms with van der Waals surface area (Å²) in [6.45, 7) is 7.73. The number of rotatable bonds is 21. The third-order valence-corrected chi connectivity index (χ3v) is 7.56. The Morgan fingerprint density at radius 2 is 1.14 bits per heavy atom. The lowest BCUT2D eigenvalue weighted by Gasteiger charge is -2.12. The Kier molecular flexibility index (Phi) is 20.9. The van der Waals surface area contributed by atoms with E-state index in [2.05, 4.69) is 25.3 Å². The minimum Gasteiger partial charge on any atom is -0.450 e. The first kappa shape index (κ1) is 28.8. The molecular weight excluding hydrogens is 398 g/mol. The van der Waals surface area contributed by atoms with Gasteiger partial charge in [-0.3, -0.25) is 0 Å². The van der Waals surface area contributed by atoms with E-state index < -0.39 is 7.38 Å². The fraction of sp³-hybridized carbons (Fsp3) is 0.958. The van der Waals surface area contributed by atoms with E-state index >= 15 is 0 Å². The number of unbranched alkanes of at least 4 members (excludes halogenated alkanes) is 15. The molecule has 0 aliphatic carbocycles. The van der Waals surface area contributed by atoms with Crippen molar-refractivity contribution in [1.82, 2.24) is 5.32 Å². The first-order valence-electron chi connectivity index (χ1n) is 12.6. The van der Waals surface area contributed by atoms with Crippen LogP contribution in [-0.4, -0.2) is 26.6 Å². The fourth-order valence-electron chi connectivity index (χ4n) is 3.57. The molecule has 0 saturated carbocycles. The molecule has 0 radical (unpaired) electrons. The third-order valence-electron chi connectivity index (χ3n) is 5.45. The fourth-order valence-corrected chi connectivity index (χ4v) is 4.96. The number of halogens is 1. The van der Waals surface area contributed by atoms with E-state index in [1.807, 2.05) is 0 Å². The minimum atomic E-state index is -1.53. The predicted octanol–water partition coefficient (Wildman–Crippen LogP) is 8.81. The van der Waals surface area contributed by atoms with Crippen LogP contribution in [0.25, 0.3) is 0 Å². The average Bonchev–Trinajstić information content (AvgIpc) is 2.67. The number of ether oxygens (including phenoxy) is 1. The number of hydrogen-bond donors (Lipinski definition) is 1.